The van der Waals surface area contributed by atoms with Gasteiger partial charge in [0.1, 0.15) is 0 Å². The number of hydrogen-bond donors (Lipinski definition) is 1. The third kappa shape index (κ3) is 2.84. The highest BCUT2D eigenvalue weighted by Gasteiger charge is 2.49. The Kier molecular flexibility index (Phi) is 3.74. The van der Waals surface area contributed by atoms with Crippen molar-refractivity contribution in [1.29, 1.82) is 0 Å². The molecule has 8 heteroatoms. The van der Waals surface area contributed by atoms with Crippen LogP contribution in [0.4, 0.5) is 18.3 Å². The molecule has 0 amide bonds. The molecule has 1 aliphatic carbocycles. The van der Waals surface area contributed by atoms with Crippen molar-refractivity contribution in [2.24, 2.45) is 5.41 Å². The van der Waals surface area contributed by atoms with Gasteiger partial charge in [0.2, 0.25) is 10.1 Å². The van der Waals surface area contributed by atoms with Crippen LogP contribution in [0.25, 0.3) is 0 Å². The molecule has 1 aromatic rings. The minimum Gasteiger partial charge on any atom is -0.378 e. The fourth-order valence-corrected chi connectivity index (χ4v) is 2.82. The smallest absolute Gasteiger partial charge is 0.378 e. The average Bonchev–Trinajstić information content (AvgIpc) is 2.76. The van der Waals surface area contributed by atoms with E-state index in [4.69, 9.17) is 4.74 Å². The van der Waals surface area contributed by atoms with Crippen molar-refractivity contribution in [3.63, 3.8) is 0 Å². The van der Waals surface area contributed by atoms with Crippen LogP contribution >= 0.6 is 11.3 Å². The van der Waals surface area contributed by atoms with E-state index in [-0.39, 0.29) is 22.7 Å². The molecule has 0 aromatic carbocycles. The second kappa shape index (κ2) is 4.90. The van der Waals surface area contributed by atoms with Gasteiger partial charge in [0.05, 0.1) is 6.10 Å². The van der Waals surface area contributed by atoms with Crippen LogP contribution in [-0.4, -0.2) is 29.0 Å². The Bertz CT molecular complexity index is 447. The van der Waals surface area contributed by atoms with E-state index in [1.54, 1.807) is 0 Å². The first-order valence-corrected chi connectivity index (χ1v) is 6.85. The lowest BCUT2D eigenvalue weighted by Gasteiger charge is -2.51. The van der Waals surface area contributed by atoms with Gasteiger partial charge in [0.15, 0.2) is 0 Å². The Balaban J connectivity index is 1.98. The molecule has 0 aliphatic heterocycles. The van der Waals surface area contributed by atoms with Gasteiger partial charge < -0.3 is 10.1 Å². The van der Waals surface area contributed by atoms with Crippen LogP contribution in [0.1, 0.15) is 32.2 Å². The van der Waals surface area contributed by atoms with Gasteiger partial charge in [-0.05, 0) is 13.3 Å². The number of nitrogens with one attached hydrogen (secondary N) is 1. The normalized spacial score (nSPS) is 26.0. The molecular formula is C11H16F3N3OS. The quantitative estimate of drug-likeness (QED) is 0.927. The standard InChI is InChI=1S/C11H16F3N3OS/c1-4-18-7-5-6(10(7,2)3)15-9-17-16-8(19-9)11(12,13)14/h6-7H,4-5H2,1-3H3,(H,15,17). The van der Waals surface area contributed by atoms with E-state index in [1.807, 2.05) is 20.8 Å². The van der Waals surface area contributed by atoms with Crippen LogP contribution < -0.4 is 5.32 Å². The number of rotatable bonds is 4. The molecule has 4 nitrogen and oxygen atoms in total. The number of anilines is 1. The number of hydrogen-bond acceptors (Lipinski definition) is 5. The molecule has 0 saturated heterocycles. The lowest BCUT2D eigenvalue weighted by atomic mass is 9.64. The van der Waals surface area contributed by atoms with Gasteiger partial charge in [-0.2, -0.15) is 13.2 Å². The monoisotopic (exact) mass is 295 g/mol. The highest BCUT2D eigenvalue weighted by molar-refractivity contribution is 7.15. The van der Waals surface area contributed by atoms with Crippen molar-refractivity contribution < 1.29 is 17.9 Å². The van der Waals surface area contributed by atoms with Crippen molar-refractivity contribution in [3.8, 4) is 0 Å². The predicted octanol–water partition coefficient (Wildman–Crippen LogP) is 3.17. The summed E-state index contributed by atoms with van der Waals surface area (Å²) in [6, 6.07) is 0.0538. The summed E-state index contributed by atoms with van der Waals surface area (Å²) in [4.78, 5) is 0. The zero-order valence-corrected chi connectivity index (χ0v) is 11.7. The molecule has 1 fully saturated rings. The summed E-state index contributed by atoms with van der Waals surface area (Å²) < 4.78 is 42.8. The fraction of sp³-hybridized carbons (Fsp3) is 0.818. The molecule has 1 aromatic heterocycles. The first-order chi connectivity index (χ1) is 8.75. The average molecular weight is 295 g/mol. The summed E-state index contributed by atoms with van der Waals surface area (Å²) in [5, 5.41) is 8.99. The summed E-state index contributed by atoms with van der Waals surface area (Å²) in [5.74, 6) is 0. The summed E-state index contributed by atoms with van der Waals surface area (Å²) in [6.45, 7) is 6.62. The van der Waals surface area contributed by atoms with Crippen molar-refractivity contribution in [2.75, 3.05) is 11.9 Å². The lowest BCUT2D eigenvalue weighted by molar-refractivity contribution is -0.138. The van der Waals surface area contributed by atoms with Gasteiger partial charge >= 0.3 is 6.18 Å². The topological polar surface area (TPSA) is 47.0 Å². The molecule has 0 radical (unpaired) electrons. The Labute approximate surface area is 113 Å². The van der Waals surface area contributed by atoms with E-state index in [2.05, 4.69) is 15.5 Å². The SMILES string of the molecule is CCOC1CC(Nc2nnc(C(F)(F)F)s2)C1(C)C. The van der Waals surface area contributed by atoms with Crippen molar-refractivity contribution in [3.05, 3.63) is 5.01 Å². The Morgan fingerprint density at radius 2 is 2.11 bits per heavy atom. The van der Waals surface area contributed by atoms with E-state index in [0.29, 0.717) is 17.9 Å². The molecule has 2 atom stereocenters. The third-order valence-corrected chi connectivity index (χ3v) is 4.41. The van der Waals surface area contributed by atoms with Crippen molar-refractivity contribution in [2.45, 2.75) is 45.5 Å². The number of alkyl halides is 3. The molecule has 1 N–H and O–H groups in total. The van der Waals surface area contributed by atoms with Crippen LogP contribution in [0.3, 0.4) is 0 Å². The first-order valence-electron chi connectivity index (χ1n) is 6.04. The van der Waals surface area contributed by atoms with Gasteiger partial charge in [-0.25, -0.2) is 0 Å². The van der Waals surface area contributed by atoms with E-state index < -0.39 is 11.2 Å². The second-order valence-electron chi connectivity index (χ2n) is 5.11. The third-order valence-electron chi connectivity index (χ3n) is 3.51. The molecule has 19 heavy (non-hydrogen) atoms. The summed E-state index contributed by atoms with van der Waals surface area (Å²) in [7, 11) is 0. The van der Waals surface area contributed by atoms with Crippen LogP contribution in [-0.2, 0) is 10.9 Å². The molecule has 0 bridgehead atoms. The van der Waals surface area contributed by atoms with Gasteiger partial charge in [-0.1, -0.05) is 25.2 Å². The zero-order chi connectivity index (χ0) is 14.3. The van der Waals surface area contributed by atoms with Gasteiger partial charge in [-0.15, -0.1) is 10.2 Å². The second-order valence-corrected chi connectivity index (χ2v) is 6.09. The Hall–Kier alpha value is -0.890. The lowest BCUT2D eigenvalue weighted by Crippen LogP contribution is -2.58. The zero-order valence-electron chi connectivity index (χ0n) is 10.9. The Morgan fingerprint density at radius 3 is 2.58 bits per heavy atom. The number of aromatic nitrogens is 2. The fourth-order valence-electron chi connectivity index (χ4n) is 2.16. The van der Waals surface area contributed by atoms with Crippen molar-refractivity contribution in [1.82, 2.24) is 10.2 Å². The maximum absolute atomic E-state index is 12.4. The van der Waals surface area contributed by atoms with Crippen LogP contribution in [0.15, 0.2) is 0 Å². The molecular weight excluding hydrogens is 279 g/mol. The minimum absolute atomic E-state index is 0.0538. The molecule has 1 heterocycles. The predicted molar refractivity (Wildman–Crippen MR) is 66.1 cm³/mol. The maximum atomic E-state index is 12.4. The van der Waals surface area contributed by atoms with Gasteiger partial charge in [0, 0.05) is 18.1 Å². The van der Waals surface area contributed by atoms with Gasteiger partial charge in [-0.3, -0.25) is 0 Å². The highest BCUT2D eigenvalue weighted by atomic mass is 32.1. The number of nitrogens with zero attached hydrogens (tertiary/aromatic N) is 2. The summed E-state index contributed by atoms with van der Waals surface area (Å²) >= 11 is 0.534. The Morgan fingerprint density at radius 1 is 1.42 bits per heavy atom. The maximum Gasteiger partial charge on any atom is 0.445 e. The molecule has 1 aliphatic rings. The summed E-state index contributed by atoms with van der Waals surface area (Å²) in [5.41, 5.74) is -0.125. The van der Waals surface area contributed by atoms with Crippen LogP contribution in [0.5, 0.6) is 0 Å². The van der Waals surface area contributed by atoms with Crippen LogP contribution in [0, 0.1) is 5.41 Å². The number of halogens is 3. The van der Waals surface area contributed by atoms with E-state index in [0.717, 1.165) is 6.42 Å². The van der Waals surface area contributed by atoms with Crippen molar-refractivity contribution >= 4 is 16.5 Å². The highest BCUT2D eigenvalue weighted by Crippen LogP contribution is 2.45. The molecule has 108 valence electrons. The van der Waals surface area contributed by atoms with E-state index in [1.165, 1.54) is 0 Å². The largest absolute Gasteiger partial charge is 0.445 e. The van der Waals surface area contributed by atoms with E-state index in [9.17, 15) is 13.2 Å². The first kappa shape index (κ1) is 14.5. The van der Waals surface area contributed by atoms with Gasteiger partial charge in [0.25, 0.3) is 0 Å². The van der Waals surface area contributed by atoms with E-state index >= 15 is 0 Å². The molecule has 2 rings (SSSR count). The molecule has 2 unspecified atom stereocenters. The molecule has 1 saturated carbocycles. The minimum atomic E-state index is -4.43. The molecule has 0 spiro atoms. The summed E-state index contributed by atoms with van der Waals surface area (Å²) in [6.07, 6.45) is -3.53. The number of ether oxygens (including phenoxy) is 1. The van der Waals surface area contributed by atoms with Crippen LogP contribution in [0.2, 0.25) is 0 Å².